The molecule has 6 nitrogen and oxygen atoms in total. The molecule has 8 heteroatoms. The lowest BCUT2D eigenvalue weighted by molar-refractivity contribution is -0.122. The van der Waals surface area contributed by atoms with Crippen LogP contribution in [0, 0.1) is 0 Å². The first-order valence-electron chi connectivity index (χ1n) is 10.2. The number of hydrogen-bond acceptors (Lipinski definition) is 5. The summed E-state index contributed by atoms with van der Waals surface area (Å²) in [5, 5.41) is 3.55. The number of rotatable bonds is 6. The van der Waals surface area contributed by atoms with Crippen LogP contribution in [0.2, 0.25) is 5.02 Å². The molecular formula is C23H24ClN3O3S. The molecule has 0 aliphatic carbocycles. The molecule has 1 saturated heterocycles. The van der Waals surface area contributed by atoms with Gasteiger partial charge in [0.2, 0.25) is 5.91 Å². The number of benzene rings is 2. The molecular weight excluding hydrogens is 434 g/mol. The van der Waals surface area contributed by atoms with E-state index in [2.05, 4.69) is 10.2 Å². The highest BCUT2D eigenvalue weighted by molar-refractivity contribution is 8.04. The second-order valence-corrected chi connectivity index (χ2v) is 8.85. The van der Waals surface area contributed by atoms with Crippen molar-refractivity contribution in [2.45, 2.75) is 4.90 Å². The molecule has 2 aliphatic rings. The maximum Gasteiger partial charge on any atom is 0.265 e. The predicted octanol–water partition coefficient (Wildman–Crippen LogP) is 3.27. The number of amides is 2. The third kappa shape index (κ3) is 5.68. The maximum absolute atomic E-state index is 13.2. The molecule has 2 aromatic rings. The van der Waals surface area contributed by atoms with Gasteiger partial charge in [-0.05, 0) is 35.9 Å². The van der Waals surface area contributed by atoms with Crippen molar-refractivity contribution in [1.82, 2.24) is 10.2 Å². The zero-order chi connectivity index (χ0) is 21.6. The molecule has 2 heterocycles. The van der Waals surface area contributed by atoms with E-state index in [9.17, 15) is 9.59 Å². The minimum atomic E-state index is -0.188. The van der Waals surface area contributed by atoms with Crippen LogP contribution in [0.3, 0.4) is 0 Å². The number of halogens is 1. The largest absolute Gasteiger partial charge is 0.379 e. The fraction of sp³-hybridized carbons (Fsp3) is 0.304. The Bertz CT molecular complexity index is 992. The topological polar surface area (TPSA) is 61.9 Å². The van der Waals surface area contributed by atoms with Gasteiger partial charge in [-0.1, -0.05) is 47.6 Å². The molecule has 31 heavy (non-hydrogen) atoms. The normalized spacial score (nSPS) is 18.2. The van der Waals surface area contributed by atoms with E-state index in [-0.39, 0.29) is 18.4 Å². The van der Waals surface area contributed by atoms with Crippen LogP contribution < -0.4 is 10.2 Å². The van der Waals surface area contributed by atoms with Crippen LogP contribution in [-0.4, -0.2) is 62.7 Å². The number of thioether (sulfide) groups is 1. The molecule has 2 aromatic carbocycles. The molecule has 0 aromatic heterocycles. The molecule has 1 fully saturated rings. The van der Waals surface area contributed by atoms with E-state index in [0.29, 0.717) is 16.5 Å². The lowest BCUT2D eigenvalue weighted by Gasteiger charge is -2.30. The van der Waals surface area contributed by atoms with Crippen molar-refractivity contribution >= 4 is 46.9 Å². The summed E-state index contributed by atoms with van der Waals surface area (Å²) in [5.41, 5.74) is 1.60. The predicted molar refractivity (Wildman–Crippen MR) is 124 cm³/mol. The molecule has 0 spiro atoms. The van der Waals surface area contributed by atoms with Crippen molar-refractivity contribution in [3.8, 4) is 0 Å². The van der Waals surface area contributed by atoms with Gasteiger partial charge in [-0.25, -0.2) is 0 Å². The van der Waals surface area contributed by atoms with Crippen LogP contribution in [-0.2, 0) is 14.3 Å². The van der Waals surface area contributed by atoms with Gasteiger partial charge in [-0.15, -0.1) is 0 Å². The summed E-state index contributed by atoms with van der Waals surface area (Å²) >= 11 is 7.50. The van der Waals surface area contributed by atoms with Crippen molar-refractivity contribution in [2.24, 2.45) is 0 Å². The Balaban J connectivity index is 1.46. The molecule has 2 aliphatic heterocycles. The Labute approximate surface area is 191 Å². The van der Waals surface area contributed by atoms with Crippen molar-refractivity contribution in [3.63, 3.8) is 0 Å². The van der Waals surface area contributed by atoms with Crippen LogP contribution >= 0.6 is 23.4 Å². The van der Waals surface area contributed by atoms with E-state index in [1.807, 2.05) is 48.5 Å². The first kappa shape index (κ1) is 21.9. The van der Waals surface area contributed by atoms with E-state index in [1.54, 1.807) is 11.0 Å². The van der Waals surface area contributed by atoms with E-state index in [0.717, 1.165) is 49.0 Å². The number of fused-ring (bicyclic) bond motifs is 1. The van der Waals surface area contributed by atoms with Crippen molar-refractivity contribution < 1.29 is 14.3 Å². The third-order valence-electron chi connectivity index (χ3n) is 5.13. The summed E-state index contributed by atoms with van der Waals surface area (Å²) in [5.74, 6) is -0.363. The van der Waals surface area contributed by atoms with Gasteiger partial charge in [-0.3, -0.25) is 19.4 Å². The molecule has 0 saturated carbocycles. The highest BCUT2D eigenvalue weighted by atomic mass is 35.5. The van der Waals surface area contributed by atoms with Gasteiger partial charge in [0.1, 0.15) is 6.54 Å². The second kappa shape index (κ2) is 10.3. The van der Waals surface area contributed by atoms with Gasteiger partial charge in [0.05, 0.1) is 23.8 Å². The zero-order valence-corrected chi connectivity index (χ0v) is 18.6. The van der Waals surface area contributed by atoms with E-state index >= 15 is 0 Å². The number of anilines is 1. The fourth-order valence-electron chi connectivity index (χ4n) is 3.54. The standard InChI is InChI=1S/C23H24ClN3O3S/c24-18-5-3-4-17(14-18)15-21-23(29)27(19-6-1-2-7-20(19)31-21)16-22(28)25-8-9-26-10-12-30-13-11-26/h1-7,14-15H,8-13,16H2,(H,25,28)/b21-15-. The molecule has 0 radical (unpaired) electrons. The van der Waals surface area contributed by atoms with Crippen LogP contribution in [0.1, 0.15) is 5.56 Å². The summed E-state index contributed by atoms with van der Waals surface area (Å²) in [4.78, 5) is 31.2. The third-order valence-corrected chi connectivity index (χ3v) is 6.45. The lowest BCUT2D eigenvalue weighted by Crippen LogP contribution is -2.45. The molecule has 1 N–H and O–H groups in total. The molecule has 4 rings (SSSR count). The number of nitrogens with zero attached hydrogens (tertiary/aromatic N) is 2. The SMILES string of the molecule is O=C(CN1C(=O)/C(=C/c2cccc(Cl)c2)Sc2ccccc21)NCCN1CCOCC1. The van der Waals surface area contributed by atoms with Crippen LogP contribution in [0.15, 0.2) is 58.3 Å². The Morgan fingerprint density at radius 3 is 2.77 bits per heavy atom. The Morgan fingerprint density at radius 2 is 1.97 bits per heavy atom. The molecule has 162 valence electrons. The number of morpholine rings is 1. The first-order chi connectivity index (χ1) is 15.1. The highest BCUT2D eigenvalue weighted by Crippen LogP contribution is 2.41. The van der Waals surface area contributed by atoms with E-state index in [1.165, 1.54) is 11.8 Å². The summed E-state index contributed by atoms with van der Waals surface area (Å²) < 4.78 is 5.34. The monoisotopic (exact) mass is 457 g/mol. The number of para-hydroxylation sites is 1. The van der Waals surface area contributed by atoms with Crippen LogP contribution in [0.25, 0.3) is 6.08 Å². The lowest BCUT2D eigenvalue weighted by atomic mass is 10.2. The smallest absolute Gasteiger partial charge is 0.265 e. The summed E-state index contributed by atoms with van der Waals surface area (Å²) in [6.45, 7) is 4.51. The summed E-state index contributed by atoms with van der Waals surface area (Å²) in [6.07, 6.45) is 1.82. The Morgan fingerprint density at radius 1 is 1.16 bits per heavy atom. The van der Waals surface area contributed by atoms with Gasteiger partial charge >= 0.3 is 0 Å². The number of hydrogen-bond donors (Lipinski definition) is 1. The first-order valence-corrected chi connectivity index (χ1v) is 11.4. The summed E-state index contributed by atoms with van der Waals surface area (Å²) in [7, 11) is 0. The van der Waals surface area contributed by atoms with Crippen molar-refractivity contribution in [1.29, 1.82) is 0 Å². The van der Waals surface area contributed by atoms with Gasteiger partial charge in [0.15, 0.2) is 0 Å². The Hall–Kier alpha value is -2.32. The quantitative estimate of drug-likeness (QED) is 0.674. The number of carbonyl (C=O) groups is 2. The summed E-state index contributed by atoms with van der Waals surface area (Å²) in [6, 6.07) is 15.0. The number of ether oxygens (including phenoxy) is 1. The van der Waals surface area contributed by atoms with Crippen LogP contribution in [0.4, 0.5) is 5.69 Å². The second-order valence-electron chi connectivity index (χ2n) is 7.33. The zero-order valence-electron chi connectivity index (χ0n) is 17.1. The van der Waals surface area contributed by atoms with Gasteiger partial charge in [0, 0.05) is 36.1 Å². The van der Waals surface area contributed by atoms with Gasteiger partial charge in [0.25, 0.3) is 5.91 Å². The number of carbonyl (C=O) groups excluding carboxylic acids is 2. The minimum absolute atomic E-state index is 0.0214. The Kier molecular flexibility index (Phi) is 7.29. The van der Waals surface area contributed by atoms with E-state index in [4.69, 9.17) is 16.3 Å². The fourth-order valence-corrected chi connectivity index (χ4v) is 4.80. The average molecular weight is 458 g/mol. The van der Waals surface area contributed by atoms with Crippen molar-refractivity contribution in [2.75, 3.05) is 50.8 Å². The molecule has 2 amide bonds. The molecule has 0 unspecified atom stereocenters. The highest BCUT2D eigenvalue weighted by Gasteiger charge is 2.30. The van der Waals surface area contributed by atoms with E-state index < -0.39 is 0 Å². The van der Waals surface area contributed by atoms with Gasteiger partial charge < -0.3 is 10.1 Å². The number of nitrogens with one attached hydrogen (secondary N) is 1. The van der Waals surface area contributed by atoms with Crippen molar-refractivity contribution in [3.05, 3.63) is 64.0 Å². The maximum atomic E-state index is 13.2. The molecule has 0 atom stereocenters. The van der Waals surface area contributed by atoms with Crippen LogP contribution in [0.5, 0.6) is 0 Å². The molecule has 0 bridgehead atoms. The van der Waals surface area contributed by atoms with Gasteiger partial charge in [-0.2, -0.15) is 0 Å². The average Bonchev–Trinajstić information content (AvgIpc) is 2.77. The minimum Gasteiger partial charge on any atom is -0.379 e.